The first kappa shape index (κ1) is 8.71. The van der Waals surface area contributed by atoms with Gasteiger partial charge in [-0.25, -0.2) is 0 Å². The topological polar surface area (TPSA) is 46.0 Å². The predicted molar refractivity (Wildman–Crippen MR) is 47.3 cm³/mol. The minimum Gasteiger partial charge on any atom is -0.475 e. The van der Waals surface area contributed by atoms with Crippen LogP contribution < -0.4 is 0 Å². The first-order chi connectivity index (χ1) is 5.70. The Kier molecular flexibility index (Phi) is 2.80. The van der Waals surface area contributed by atoms with Gasteiger partial charge in [0.05, 0.1) is 11.7 Å². The zero-order chi connectivity index (χ0) is 8.97. The maximum atomic E-state index is 7.50. The molecule has 0 aliphatic carbocycles. The van der Waals surface area contributed by atoms with Gasteiger partial charge < -0.3 is 4.74 Å². The van der Waals surface area contributed by atoms with E-state index in [1.165, 1.54) is 0 Å². The van der Waals surface area contributed by atoms with Gasteiger partial charge in [-0.1, -0.05) is 0 Å². The minimum atomic E-state index is 0.0395. The average Bonchev–Trinajstić information content (AvgIpc) is 2.05. The lowest BCUT2D eigenvalue weighted by Gasteiger charge is -2.09. The van der Waals surface area contributed by atoms with E-state index in [2.05, 4.69) is 4.98 Å². The molecular formula is C9H12N2O. The minimum absolute atomic E-state index is 0.0395. The average molecular weight is 164 g/mol. The zero-order valence-electron chi connectivity index (χ0n) is 7.24. The van der Waals surface area contributed by atoms with Crippen molar-refractivity contribution >= 4 is 5.90 Å². The van der Waals surface area contributed by atoms with Gasteiger partial charge in [-0.05, 0) is 26.0 Å². The normalized spacial score (nSPS) is 9.92. The summed E-state index contributed by atoms with van der Waals surface area (Å²) in [6, 6.07) is 3.59. The van der Waals surface area contributed by atoms with E-state index in [1.807, 2.05) is 13.8 Å². The molecule has 0 atom stereocenters. The third-order valence-corrected chi connectivity index (χ3v) is 1.28. The second-order valence-corrected chi connectivity index (χ2v) is 2.74. The van der Waals surface area contributed by atoms with Crippen LogP contribution in [0.15, 0.2) is 24.5 Å². The summed E-state index contributed by atoms with van der Waals surface area (Å²) in [6.45, 7) is 3.79. The van der Waals surface area contributed by atoms with Gasteiger partial charge in [0, 0.05) is 12.4 Å². The van der Waals surface area contributed by atoms with Gasteiger partial charge in [0.2, 0.25) is 5.90 Å². The highest BCUT2D eigenvalue weighted by Gasteiger charge is 2.03. The Bertz CT molecular complexity index is 256. The van der Waals surface area contributed by atoms with Gasteiger partial charge in [-0.15, -0.1) is 0 Å². The van der Waals surface area contributed by atoms with E-state index in [0.717, 1.165) is 0 Å². The molecule has 1 N–H and O–H groups in total. The van der Waals surface area contributed by atoms with Crippen molar-refractivity contribution in [2.45, 2.75) is 20.0 Å². The monoisotopic (exact) mass is 164 g/mol. The third kappa shape index (κ3) is 2.34. The van der Waals surface area contributed by atoms with Crippen molar-refractivity contribution in [3.05, 3.63) is 30.1 Å². The highest BCUT2D eigenvalue weighted by Crippen LogP contribution is 2.00. The molecule has 12 heavy (non-hydrogen) atoms. The van der Waals surface area contributed by atoms with Gasteiger partial charge >= 0.3 is 0 Å². The molecule has 3 nitrogen and oxygen atoms in total. The van der Waals surface area contributed by atoms with Crippen LogP contribution in [-0.2, 0) is 4.74 Å². The quantitative estimate of drug-likeness (QED) is 0.535. The first-order valence-corrected chi connectivity index (χ1v) is 3.85. The van der Waals surface area contributed by atoms with Crippen molar-refractivity contribution in [1.82, 2.24) is 4.98 Å². The lowest BCUT2D eigenvalue weighted by Crippen LogP contribution is -2.11. The standard InChI is InChI=1S/C9H12N2O/c1-7(2)12-9(10)8-4-3-5-11-6-8/h3-7,10H,1-2H3. The number of nitrogens with one attached hydrogen (secondary N) is 1. The van der Waals surface area contributed by atoms with Crippen molar-refractivity contribution in [1.29, 1.82) is 5.41 Å². The fourth-order valence-corrected chi connectivity index (χ4v) is 0.801. The smallest absolute Gasteiger partial charge is 0.215 e. The molecule has 1 aromatic heterocycles. The largest absolute Gasteiger partial charge is 0.475 e. The summed E-state index contributed by atoms with van der Waals surface area (Å²) in [5.74, 6) is 0.179. The van der Waals surface area contributed by atoms with Crippen molar-refractivity contribution < 1.29 is 4.74 Å². The fraction of sp³-hybridized carbons (Fsp3) is 0.333. The Labute approximate surface area is 71.9 Å². The summed E-state index contributed by atoms with van der Waals surface area (Å²) >= 11 is 0. The second kappa shape index (κ2) is 3.85. The molecule has 3 heteroatoms. The molecule has 1 aromatic rings. The molecule has 0 fully saturated rings. The van der Waals surface area contributed by atoms with Crippen LogP contribution >= 0.6 is 0 Å². The SMILES string of the molecule is CC(C)OC(=N)c1cccnc1. The molecule has 64 valence electrons. The summed E-state index contributed by atoms with van der Waals surface area (Å²) in [5.41, 5.74) is 0.714. The molecule has 0 radical (unpaired) electrons. The van der Waals surface area contributed by atoms with Gasteiger partial charge in [-0.2, -0.15) is 0 Å². The van der Waals surface area contributed by atoms with Gasteiger partial charge in [0.15, 0.2) is 0 Å². The van der Waals surface area contributed by atoms with E-state index in [4.69, 9.17) is 10.1 Å². The summed E-state index contributed by atoms with van der Waals surface area (Å²) < 4.78 is 5.18. The molecule has 0 unspecified atom stereocenters. The van der Waals surface area contributed by atoms with E-state index >= 15 is 0 Å². The second-order valence-electron chi connectivity index (χ2n) is 2.74. The van der Waals surface area contributed by atoms with Crippen LogP contribution in [0.2, 0.25) is 0 Å². The van der Waals surface area contributed by atoms with Crippen LogP contribution in [0.4, 0.5) is 0 Å². The van der Waals surface area contributed by atoms with Crippen LogP contribution in [0.25, 0.3) is 0 Å². The van der Waals surface area contributed by atoms with Crippen LogP contribution in [0.1, 0.15) is 19.4 Å². The molecule has 1 rings (SSSR count). The van der Waals surface area contributed by atoms with E-state index in [1.54, 1.807) is 24.5 Å². The summed E-state index contributed by atoms with van der Waals surface area (Å²) in [4.78, 5) is 3.89. The van der Waals surface area contributed by atoms with Crippen molar-refractivity contribution in [3.63, 3.8) is 0 Å². The number of ether oxygens (including phenoxy) is 1. The summed E-state index contributed by atoms with van der Waals surface area (Å²) in [5, 5.41) is 7.50. The Balaban J connectivity index is 2.66. The molecule has 0 aliphatic rings. The van der Waals surface area contributed by atoms with E-state index in [9.17, 15) is 0 Å². The number of pyridine rings is 1. The highest BCUT2D eigenvalue weighted by molar-refractivity contribution is 5.91. The van der Waals surface area contributed by atoms with Crippen LogP contribution in [0, 0.1) is 5.41 Å². The summed E-state index contributed by atoms with van der Waals surface area (Å²) in [7, 11) is 0. The lowest BCUT2D eigenvalue weighted by molar-refractivity contribution is 0.227. The highest BCUT2D eigenvalue weighted by atomic mass is 16.5. The van der Waals surface area contributed by atoms with Crippen molar-refractivity contribution in [2.75, 3.05) is 0 Å². The number of hydrogen-bond acceptors (Lipinski definition) is 3. The number of rotatable bonds is 2. The predicted octanol–water partition coefficient (Wildman–Crippen LogP) is 1.83. The molecule has 0 saturated heterocycles. The van der Waals surface area contributed by atoms with E-state index in [-0.39, 0.29) is 12.0 Å². The fourth-order valence-electron chi connectivity index (χ4n) is 0.801. The van der Waals surface area contributed by atoms with Gasteiger partial charge in [0.1, 0.15) is 0 Å². The number of hydrogen-bond donors (Lipinski definition) is 1. The first-order valence-electron chi connectivity index (χ1n) is 3.85. The van der Waals surface area contributed by atoms with Crippen LogP contribution in [0.5, 0.6) is 0 Å². The molecule has 0 bridgehead atoms. The molecule has 0 saturated carbocycles. The Morgan fingerprint density at radius 1 is 1.58 bits per heavy atom. The number of aromatic nitrogens is 1. The maximum Gasteiger partial charge on any atom is 0.215 e. The van der Waals surface area contributed by atoms with E-state index < -0.39 is 0 Å². The molecular weight excluding hydrogens is 152 g/mol. The summed E-state index contributed by atoms with van der Waals surface area (Å²) in [6.07, 6.45) is 3.33. The Morgan fingerprint density at radius 2 is 2.33 bits per heavy atom. The molecule has 0 aliphatic heterocycles. The van der Waals surface area contributed by atoms with Crippen LogP contribution in [-0.4, -0.2) is 17.0 Å². The Morgan fingerprint density at radius 3 is 2.83 bits per heavy atom. The van der Waals surface area contributed by atoms with E-state index in [0.29, 0.717) is 5.56 Å². The molecule has 0 aromatic carbocycles. The zero-order valence-corrected chi connectivity index (χ0v) is 7.24. The lowest BCUT2D eigenvalue weighted by atomic mass is 10.3. The van der Waals surface area contributed by atoms with Crippen molar-refractivity contribution in [3.8, 4) is 0 Å². The molecule has 0 amide bonds. The maximum absolute atomic E-state index is 7.50. The van der Waals surface area contributed by atoms with Gasteiger partial charge in [-0.3, -0.25) is 10.4 Å². The van der Waals surface area contributed by atoms with Crippen LogP contribution in [0.3, 0.4) is 0 Å². The molecule has 1 heterocycles. The molecule has 0 spiro atoms. The van der Waals surface area contributed by atoms with Gasteiger partial charge in [0.25, 0.3) is 0 Å². The van der Waals surface area contributed by atoms with Crippen molar-refractivity contribution in [2.24, 2.45) is 0 Å². The number of nitrogens with zero attached hydrogens (tertiary/aromatic N) is 1. The Hall–Kier alpha value is -1.38. The third-order valence-electron chi connectivity index (χ3n) is 1.28.